The molecule has 3 aliphatic heterocycles. The Bertz CT molecular complexity index is 668. The van der Waals surface area contributed by atoms with E-state index in [9.17, 15) is 9.90 Å². The maximum absolute atomic E-state index is 12.3. The lowest BCUT2D eigenvalue weighted by atomic mass is 9.77. The van der Waals surface area contributed by atoms with Crippen LogP contribution in [-0.2, 0) is 20.7 Å². The maximum Gasteiger partial charge on any atom is 0.338 e. The van der Waals surface area contributed by atoms with E-state index in [1.807, 2.05) is 12.1 Å². The van der Waals surface area contributed by atoms with E-state index >= 15 is 0 Å². The van der Waals surface area contributed by atoms with E-state index in [2.05, 4.69) is 0 Å². The average molecular weight is 334 g/mol. The Morgan fingerprint density at radius 1 is 1.38 bits per heavy atom. The zero-order valence-electron chi connectivity index (χ0n) is 13.9. The summed E-state index contributed by atoms with van der Waals surface area (Å²) >= 11 is 0. The molecular weight excluding hydrogens is 312 g/mol. The Kier molecular flexibility index (Phi) is 3.69. The van der Waals surface area contributed by atoms with Crippen LogP contribution in [0.5, 0.6) is 11.5 Å². The molecule has 1 aromatic rings. The average Bonchev–Trinajstić information content (AvgIpc) is 3.13. The standard InChI is InChI=1S/C18H22O6/c1-3-21-17(19)18(2,20)13-7-11-5-4-10-6-14-15(23-9-22-14)8-12(10)16(13)24-11/h6,8,11,13,16,20H,3-5,7,9H2,1-2H3/t11-,13?,16+,18+/m1/s1. The van der Waals surface area contributed by atoms with Crippen molar-refractivity contribution < 1.29 is 28.8 Å². The molecule has 6 nitrogen and oxygen atoms in total. The molecule has 4 atom stereocenters. The predicted octanol–water partition coefficient (Wildman–Crippen LogP) is 2.12. The molecule has 0 aromatic heterocycles. The van der Waals surface area contributed by atoms with Gasteiger partial charge in [0.05, 0.1) is 18.8 Å². The summed E-state index contributed by atoms with van der Waals surface area (Å²) in [5, 5.41) is 10.9. The van der Waals surface area contributed by atoms with Crippen molar-refractivity contribution in [3.63, 3.8) is 0 Å². The van der Waals surface area contributed by atoms with Gasteiger partial charge in [-0.3, -0.25) is 0 Å². The number of aliphatic hydroxyl groups is 1. The van der Waals surface area contributed by atoms with Crippen molar-refractivity contribution >= 4 is 5.97 Å². The zero-order valence-corrected chi connectivity index (χ0v) is 13.9. The lowest BCUT2D eigenvalue weighted by Gasteiger charge is -2.32. The predicted molar refractivity (Wildman–Crippen MR) is 83.9 cm³/mol. The normalized spacial score (nSPS) is 29.5. The van der Waals surface area contributed by atoms with Gasteiger partial charge in [-0.25, -0.2) is 4.79 Å². The molecule has 0 saturated carbocycles. The first-order valence-electron chi connectivity index (χ1n) is 8.48. The first-order valence-corrected chi connectivity index (χ1v) is 8.48. The molecule has 1 fully saturated rings. The van der Waals surface area contributed by atoms with Gasteiger partial charge in [0, 0.05) is 5.92 Å². The van der Waals surface area contributed by atoms with Crippen LogP contribution in [0.2, 0.25) is 0 Å². The van der Waals surface area contributed by atoms with Gasteiger partial charge in [0.15, 0.2) is 17.1 Å². The maximum atomic E-state index is 12.3. The Labute approximate surface area is 140 Å². The Morgan fingerprint density at radius 3 is 2.88 bits per heavy atom. The molecule has 2 bridgehead atoms. The Hall–Kier alpha value is -1.79. The molecule has 130 valence electrons. The summed E-state index contributed by atoms with van der Waals surface area (Å²) in [4.78, 5) is 12.3. The molecule has 1 saturated heterocycles. The van der Waals surface area contributed by atoms with Crippen molar-refractivity contribution in [3.8, 4) is 11.5 Å². The summed E-state index contributed by atoms with van der Waals surface area (Å²) in [6.07, 6.45) is 2.08. The van der Waals surface area contributed by atoms with Crippen molar-refractivity contribution in [2.45, 2.75) is 50.9 Å². The topological polar surface area (TPSA) is 74.2 Å². The summed E-state index contributed by atoms with van der Waals surface area (Å²) in [6.45, 7) is 3.73. The van der Waals surface area contributed by atoms with E-state index in [1.54, 1.807) is 6.92 Å². The summed E-state index contributed by atoms with van der Waals surface area (Å²) in [7, 11) is 0. The lowest BCUT2D eigenvalue weighted by Crippen LogP contribution is -2.45. The SMILES string of the molecule is CCOC(=O)[C@@](C)(O)C1C[C@H]2CCc3cc4c(cc3[C@@H]1O2)OCO4. The number of fused-ring (bicyclic) bond motifs is 5. The second kappa shape index (κ2) is 5.63. The van der Waals surface area contributed by atoms with Gasteiger partial charge in [-0.05, 0) is 56.4 Å². The molecule has 6 heteroatoms. The molecule has 1 aromatic carbocycles. The fraction of sp³-hybridized carbons (Fsp3) is 0.611. The quantitative estimate of drug-likeness (QED) is 0.854. The van der Waals surface area contributed by atoms with Crippen LogP contribution in [0.3, 0.4) is 0 Å². The molecular formula is C18H22O6. The third kappa shape index (κ3) is 2.36. The van der Waals surface area contributed by atoms with Gasteiger partial charge >= 0.3 is 5.97 Å². The van der Waals surface area contributed by atoms with Crippen LogP contribution in [0, 0.1) is 5.92 Å². The first kappa shape index (κ1) is 15.7. The molecule has 0 aliphatic carbocycles. The summed E-state index contributed by atoms with van der Waals surface area (Å²) in [6, 6.07) is 3.93. The Balaban J connectivity index is 1.72. The number of carbonyl (C=O) groups excluding carboxylic acids is 1. The zero-order chi connectivity index (χ0) is 16.9. The number of ether oxygens (including phenoxy) is 4. The Morgan fingerprint density at radius 2 is 2.12 bits per heavy atom. The van der Waals surface area contributed by atoms with Crippen molar-refractivity contribution in [2.24, 2.45) is 5.92 Å². The van der Waals surface area contributed by atoms with Crippen LogP contribution in [-0.4, -0.2) is 36.2 Å². The van der Waals surface area contributed by atoms with Crippen molar-refractivity contribution in [3.05, 3.63) is 23.3 Å². The highest BCUT2D eigenvalue weighted by Gasteiger charge is 2.52. The van der Waals surface area contributed by atoms with Gasteiger partial charge in [-0.1, -0.05) is 0 Å². The van der Waals surface area contributed by atoms with Crippen LogP contribution >= 0.6 is 0 Å². The smallest absolute Gasteiger partial charge is 0.338 e. The second-order valence-corrected chi connectivity index (χ2v) is 6.83. The number of hydrogen-bond acceptors (Lipinski definition) is 6. The van der Waals surface area contributed by atoms with E-state index in [0.29, 0.717) is 12.2 Å². The monoisotopic (exact) mass is 334 g/mol. The minimum Gasteiger partial charge on any atom is -0.464 e. The lowest BCUT2D eigenvalue weighted by molar-refractivity contribution is -0.171. The highest BCUT2D eigenvalue weighted by atomic mass is 16.7. The fourth-order valence-electron chi connectivity index (χ4n) is 3.99. The highest BCUT2D eigenvalue weighted by Crippen LogP contribution is 2.50. The largest absolute Gasteiger partial charge is 0.464 e. The number of hydrogen-bond donors (Lipinski definition) is 1. The number of rotatable bonds is 3. The molecule has 1 N–H and O–H groups in total. The van der Waals surface area contributed by atoms with E-state index in [-0.39, 0.29) is 31.5 Å². The molecule has 1 unspecified atom stereocenters. The number of benzene rings is 1. The van der Waals surface area contributed by atoms with Crippen LogP contribution in [0.4, 0.5) is 0 Å². The fourth-order valence-corrected chi connectivity index (χ4v) is 3.99. The van der Waals surface area contributed by atoms with Crippen molar-refractivity contribution in [2.75, 3.05) is 13.4 Å². The van der Waals surface area contributed by atoms with Gasteiger partial charge in [0.1, 0.15) is 0 Å². The van der Waals surface area contributed by atoms with Gasteiger partial charge in [0.2, 0.25) is 6.79 Å². The van der Waals surface area contributed by atoms with E-state index in [0.717, 1.165) is 29.7 Å². The van der Waals surface area contributed by atoms with Crippen LogP contribution in [0.15, 0.2) is 12.1 Å². The number of esters is 1. The third-order valence-corrected chi connectivity index (χ3v) is 5.31. The highest BCUT2D eigenvalue weighted by molar-refractivity contribution is 5.79. The molecule has 3 aliphatic rings. The third-order valence-electron chi connectivity index (χ3n) is 5.31. The minimum absolute atomic E-state index is 0.0324. The van der Waals surface area contributed by atoms with Gasteiger partial charge in [-0.15, -0.1) is 0 Å². The second-order valence-electron chi connectivity index (χ2n) is 6.83. The van der Waals surface area contributed by atoms with Crippen LogP contribution < -0.4 is 9.47 Å². The molecule has 0 radical (unpaired) electrons. The minimum atomic E-state index is -1.58. The molecule has 0 spiro atoms. The van der Waals surface area contributed by atoms with Crippen LogP contribution in [0.1, 0.15) is 43.9 Å². The summed E-state index contributed by atoms with van der Waals surface area (Å²) in [5.41, 5.74) is 0.533. The number of aryl methyl sites for hydroxylation is 1. The van der Waals surface area contributed by atoms with Gasteiger partial charge in [-0.2, -0.15) is 0 Å². The molecule has 0 amide bonds. The van der Waals surface area contributed by atoms with E-state index < -0.39 is 11.6 Å². The van der Waals surface area contributed by atoms with Crippen LogP contribution in [0.25, 0.3) is 0 Å². The summed E-state index contributed by atoms with van der Waals surface area (Å²) in [5.74, 6) is 0.505. The summed E-state index contributed by atoms with van der Waals surface area (Å²) < 4.78 is 22.2. The van der Waals surface area contributed by atoms with Gasteiger partial charge < -0.3 is 24.1 Å². The van der Waals surface area contributed by atoms with E-state index in [4.69, 9.17) is 18.9 Å². The van der Waals surface area contributed by atoms with Crippen molar-refractivity contribution in [1.29, 1.82) is 0 Å². The molecule has 24 heavy (non-hydrogen) atoms. The molecule has 3 heterocycles. The van der Waals surface area contributed by atoms with Gasteiger partial charge in [0.25, 0.3) is 0 Å². The molecule has 4 rings (SSSR count). The number of carbonyl (C=O) groups is 1. The first-order chi connectivity index (χ1) is 11.5. The van der Waals surface area contributed by atoms with E-state index in [1.165, 1.54) is 6.92 Å². The van der Waals surface area contributed by atoms with Crippen molar-refractivity contribution in [1.82, 2.24) is 0 Å².